The van der Waals surface area contributed by atoms with Crippen molar-refractivity contribution in [2.45, 2.75) is 64.4 Å². The Labute approximate surface area is 223 Å². The standard InChI is InChI=1S/C29H37N3O6/c1-5-21(17-33)30-28(35)24-15-22(38-18-20-11-7-6-8-12-20)16-32(24)29(36)26(19(2)3)31-27(34)23-13-9-10-14-25(23)37-4/h6-14,17,19,21-22,24,26H,5,15-16,18H2,1-4H3,(H,30,35)(H,31,34)/t21-,22+,24-,26-/m0/s1. The highest BCUT2D eigenvalue weighted by molar-refractivity contribution is 6.00. The number of hydrogen-bond acceptors (Lipinski definition) is 6. The number of carbonyl (C=O) groups is 4. The molecule has 4 atom stereocenters. The topological polar surface area (TPSA) is 114 Å². The van der Waals surface area contributed by atoms with Crippen LogP contribution in [-0.2, 0) is 25.7 Å². The van der Waals surface area contributed by atoms with E-state index in [1.54, 1.807) is 31.2 Å². The lowest BCUT2D eigenvalue weighted by Gasteiger charge is -2.31. The number of benzene rings is 2. The van der Waals surface area contributed by atoms with Crippen LogP contribution < -0.4 is 15.4 Å². The monoisotopic (exact) mass is 523 g/mol. The number of amides is 3. The smallest absolute Gasteiger partial charge is 0.255 e. The Kier molecular flexibility index (Phi) is 10.4. The maximum Gasteiger partial charge on any atom is 0.255 e. The summed E-state index contributed by atoms with van der Waals surface area (Å²) in [5, 5.41) is 5.57. The number of nitrogens with zero attached hydrogens (tertiary/aromatic N) is 1. The maximum absolute atomic E-state index is 13.8. The molecule has 1 saturated heterocycles. The van der Waals surface area contributed by atoms with E-state index in [2.05, 4.69) is 10.6 Å². The van der Waals surface area contributed by atoms with E-state index in [-0.39, 0.29) is 30.9 Å². The minimum Gasteiger partial charge on any atom is -0.496 e. The number of aldehydes is 1. The Bertz CT molecular complexity index is 1110. The lowest BCUT2D eigenvalue weighted by Crippen LogP contribution is -2.56. The van der Waals surface area contributed by atoms with Gasteiger partial charge in [-0.1, -0.05) is 63.2 Å². The maximum atomic E-state index is 13.8. The van der Waals surface area contributed by atoms with Gasteiger partial charge in [-0.15, -0.1) is 0 Å². The van der Waals surface area contributed by atoms with Crippen LogP contribution in [0, 0.1) is 5.92 Å². The molecule has 38 heavy (non-hydrogen) atoms. The van der Waals surface area contributed by atoms with Crippen molar-refractivity contribution in [3.8, 4) is 5.75 Å². The average Bonchev–Trinajstić information content (AvgIpc) is 3.37. The molecule has 2 aromatic rings. The molecule has 1 fully saturated rings. The third-order valence-electron chi connectivity index (χ3n) is 6.68. The first-order valence-electron chi connectivity index (χ1n) is 12.9. The molecule has 0 aliphatic carbocycles. The first-order valence-corrected chi connectivity index (χ1v) is 12.9. The molecule has 3 amide bonds. The Morgan fingerprint density at radius 2 is 1.74 bits per heavy atom. The van der Waals surface area contributed by atoms with E-state index in [4.69, 9.17) is 9.47 Å². The molecule has 2 N–H and O–H groups in total. The number of para-hydroxylation sites is 1. The van der Waals surface area contributed by atoms with Crippen LogP contribution in [0.3, 0.4) is 0 Å². The third-order valence-corrected chi connectivity index (χ3v) is 6.68. The number of nitrogens with one attached hydrogen (secondary N) is 2. The number of likely N-dealkylation sites (tertiary alicyclic amines) is 1. The van der Waals surface area contributed by atoms with Crippen molar-refractivity contribution in [1.29, 1.82) is 0 Å². The van der Waals surface area contributed by atoms with Gasteiger partial charge in [0.25, 0.3) is 5.91 Å². The van der Waals surface area contributed by atoms with Crippen LogP contribution in [0.4, 0.5) is 0 Å². The predicted octanol–water partition coefficient (Wildman–Crippen LogP) is 2.73. The Morgan fingerprint density at radius 1 is 1.05 bits per heavy atom. The minimum absolute atomic E-state index is 0.190. The van der Waals surface area contributed by atoms with Gasteiger partial charge in [0.1, 0.15) is 24.1 Å². The zero-order chi connectivity index (χ0) is 27.7. The van der Waals surface area contributed by atoms with Gasteiger partial charge in [-0.05, 0) is 30.0 Å². The summed E-state index contributed by atoms with van der Waals surface area (Å²) in [6.07, 6.45) is 1.02. The van der Waals surface area contributed by atoms with E-state index < -0.39 is 29.9 Å². The van der Waals surface area contributed by atoms with E-state index in [9.17, 15) is 19.2 Å². The summed E-state index contributed by atoms with van der Waals surface area (Å²) in [4.78, 5) is 53.0. The highest BCUT2D eigenvalue weighted by Crippen LogP contribution is 2.25. The van der Waals surface area contributed by atoms with Gasteiger partial charge in [0.05, 0.1) is 31.4 Å². The summed E-state index contributed by atoms with van der Waals surface area (Å²) in [6, 6.07) is 14.1. The fourth-order valence-electron chi connectivity index (χ4n) is 4.45. The summed E-state index contributed by atoms with van der Waals surface area (Å²) in [5.74, 6) is -1.10. The molecule has 1 aliphatic heterocycles. The van der Waals surface area contributed by atoms with Crippen molar-refractivity contribution in [1.82, 2.24) is 15.5 Å². The van der Waals surface area contributed by atoms with Crippen LogP contribution in [0.15, 0.2) is 54.6 Å². The summed E-state index contributed by atoms with van der Waals surface area (Å²) < 4.78 is 11.4. The van der Waals surface area contributed by atoms with Crippen LogP contribution in [0.25, 0.3) is 0 Å². The number of methoxy groups -OCH3 is 1. The molecule has 9 nitrogen and oxygen atoms in total. The second-order valence-corrected chi connectivity index (χ2v) is 9.72. The minimum atomic E-state index is -0.886. The molecule has 2 aromatic carbocycles. The number of hydrogen-bond donors (Lipinski definition) is 2. The van der Waals surface area contributed by atoms with Crippen molar-refractivity contribution in [3.05, 3.63) is 65.7 Å². The van der Waals surface area contributed by atoms with Crippen LogP contribution >= 0.6 is 0 Å². The molecular weight excluding hydrogens is 486 g/mol. The van der Waals surface area contributed by atoms with Gasteiger partial charge >= 0.3 is 0 Å². The van der Waals surface area contributed by atoms with Crippen molar-refractivity contribution < 1.29 is 28.7 Å². The van der Waals surface area contributed by atoms with Crippen molar-refractivity contribution in [2.75, 3.05) is 13.7 Å². The molecular formula is C29H37N3O6. The third kappa shape index (κ3) is 7.19. The first-order chi connectivity index (χ1) is 18.3. The molecule has 1 heterocycles. The lowest BCUT2D eigenvalue weighted by molar-refractivity contribution is -0.141. The van der Waals surface area contributed by atoms with Gasteiger partial charge in [0.15, 0.2) is 0 Å². The van der Waals surface area contributed by atoms with Crippen LogP contribution in [-0.4, -0.2) is 66.8 Å². The predicted molar refractivity (Wildman–Crippen MR) is 143 cm³/mol. The fraction of sp³-hybridized carbons (Fsp3) is 0.448. The van der Waals surface area contributed by atoms with E-state index in [1.165, 1.54) is 12.0 Å². The second-order valence-electron chi connectivity index (χ2n) is 9.72. The highest BCUT2D eigenvalue weighted by atomic mass is 16.5. The molecule has 0 unspecified atom stereocenters. The van der Waals surface area contributed by atoms with Gasteiger partial charge in [0, 0.05) is 13.0 Å². The van der Waals surface area contributed by atoms with E-state index in [1.807, 2.05) is 44.2 Å². The Hall–Kier alpha value is -3.72. The number of rotatable bonds is 12. The molecule has 204 valence electrons. The zero-order valence-electron chi connectivity index (χ0n) is 22.4. The molecule has 3 rings (SSSR count). The van der Waals surface area contributed by atoms with E-state index in [0.717, 1.165) is 5.56 Å². The second kappa shape index (κ2) is 13.7. The SMILES string of the molecule is CC[C@@H](C=O)NC(=O)[C@@H]1C[C@@H](OCc2ccccc2)CN1C(=O)[C@@H](NC(=O)c1ccccc1OC)C(C)C. The molecule has 9 heteroatoms. The van der Waals surface area contributed by atoms with Crippen molar-refractivity contribution in [3.63, 3.8) is 0 Å². The normalized spacial score (nSPS) is 18.5. The summed E-state index contributed by atoms with van der Waals surface area (Å²) in [7, 11) is 1.48. The Balaban J connectivity index is 1.81. The fourth-order valence-corrected chi connectivity index (χ4v) is 4.45. The van der Waals surface area contributed by atoms with E-state index >= 15 is 0 Å². The summed E-state index contributed by atoms with van der Waals surface area (Å²) in [6.45, 7) is 5.99. The summed E-state index contributed by atoms with van der Waals surface area (Å²) >= 11 is 0. The zero-order valence-corrected chi connectivity index (χ0v) is 22.4. The number of ether oxygens (including phenoxy) is 2. The molecule has 0 spiro atoms. The molecule has 0 aromatic heterocycles. The van der Waals surface area contributed by atoms with Crippen LogP contribution in [0.5, 0.6) is 5.75 Å². The van der Waals surface area contributed by atoms with Crippen LogP contribution in [0.1, 0.15) is 49.5 Å². The summed E-state index contributed by atoms with van der Waals surface area (Å²) in [5.41, 5.74) is 1.29. The molecule has 1 aliphatic rings. The van der Waals surface area contributed by atoms with Crippen LogP contribution in [0.2, 0.25) is 0 Å². The largest absolute Gasteiger partial charge is 0.496 e. The average molecular weight is 524 g/mol. The van der Waals surface area contributed by atoms with Crippen molar-refractivity contribution >= 4 is 24.0 Å². The van der Waals surface area contributed by atoms with Gasteiger partial charge in [-0.25, -0.2) is 0 Å². The molecule has 0 radical (unpaired) electrons. The quantitative estimate of drug-likeness (QED) is 0.414. The van der Waals surface area contributed by atoms with Gasteiger partial charge < -0.3 is 29.8 Å². The van der Waals surface area contributed by atoms with Gasteiger partial charge in [-0.2, -0.15) is 0 Å². The van der Waals surface area contributed by atoms with Crippen molar-refractivity contribution in [2.24, 2.45) is 5.92 Å². The van der Waals surface area contributed by atoms with E-state index in [0.29, 0.717) is 30.6 Å². The Morgan fingerprint density at radius 3 is 2.37 bits per heavy atom. The van der Waals surface area contributed by atoms with Gasteiger partial charge in [0.2, 0.25) is 11.8 Å². The number of carbonyl (C=O) groups excluding carboxylic acids is 4. The highest BCUT2D eigenvalue weighted by Gasteiger charge is 2.43. The van der Waals surface area contributed by atoms with Gasteiger partial charge in [-0.3, -0.25) is 14.4 Å². The first kappa shape index (κ1) is 28.8. The lowest BCUT2D eigenvalue weighted by atomic mass is 10.0. The molecule has 0 bridgehead atoms. The molecule has 0 saturated carbocycles.